The maximum atomic E-state index is 13.9. The number of nitrogens with one attached hydrogen (secondary N) is 1. The summed E-state index contributed by atoms with van der Waals surface area (Å²) in [6, 6.07) is 6.97. The van der Waals surface area contributed by atoms with Gasteiger partial charge in [0.1, 0.15) is 23.0 Å². The van der Waals surface area contributed by atoms with Gasteiger partial charge in [-0.25, -0.2) is 13.9 Å². The van der Waals surface area contributed by atoms with E-state index in [9.17, 15) is 8.78 Å². The summed E-state index contributed by atoms with van der Waals surface area (Å²) in [5.41, 5.74) is 2.07. The summed E-state index contributed by atoms with van der Waals surface area (Å²) in [4.78, 5) is 8.58. The number of hydrogen-bond acceptors (Lipinski definition) is 4. The quantitative estimate of drug-likeness (QED) is 0.628. The molecule has 24 heavy (non-hydrogen) atoms. The Morgan fingerprint density at radius 2 is 2.08 bits per heavy atom. The first kappa shape index (κ1) is 14.4. The number of H-pyrrole nitrogens is 1. The second kappa shape index (κ2) is 5.48. The molecule has 6 nitrogen and oxygen atoms in total. The topological polar surface area (TPSA) is 72.3 Å². The molecule has 0 unspecified atom stereocenters. The highest BCUT2D eigenvalue weighted by atomic mass is 19.1. The third kappa shape index (κ3) is 2.41. The lowest BCUT2D eigenvalue weighted by Gasteiger charge is -2.01. The summed E-state index contributed by atoms with van der Waals surface area (Å²) in [7, 11) is 0. The van der Waals surface area contributed by atoms with Gasteiger partial charge >= 0.3 is 0 Å². The maximum absolute atomic E-state index is 13.9. The number of halogens is 2. The molecule has 0 fully saturated rings. The van der Waals surface area contributed by atoms with Crippen molar-refractivity contribution < 1.29 is 8.78 Å². The van der Waals surface area contributed by atoms with E-state index < -0.39 is 11.6 Å². The van der Waals surface area contributed by atoms with Crippen LogP contribution in [-0.4, -0.2) is 29.9 Å². The highest BCUT2D eigenvalue weighted by Gasteiger charge is 2.17. The molecule has 0 bridgehead atoms. The van der Waals surface area contributed by atoms with E-state index in [2.05, 4.69) is 25.3 Å². The van der Waals surface area contributed by atoms with Gasteiger partial charge in [-0.15, -0.1) is 0 Å². The number of nitrogens with zero attached hydrogens (tertiary/aromatic N) is 5. The summed E-state index contributed by atoms with van der Waals surface area (Å²) >= 11 is 0. The molecule has 0 spiro atoms. The predicted octanol–water partition coefficient (Wildman–Crippen LogP) is 2.72. The fraction of sp³-hybridized carbons (Fsp3) is 0.125. The first-order valence-electron chi connectivity index (χ1n) is 7.28. The Balaban J connectivity index is 1.86. The van der Waals surface area contributed by atoms with Gasteiger partial charge in [-0.3, -0.25) is 4.98 Å². The van der Waals surface area contributed by atoms with Gasteiger partial charge in [-0.1, -0.05) is 0 Å². The van der Waals surface area contributed by atoms with Crippen LogP contribution in [0.2, 0.25) is 0 Å². The lowest BCUT2D eigenvalue weighted by molar-refractivity contribution is 0.587. The molecule has 0 aliphatic carbocycles. The molecule has 0 amide bonds. The Hall–Kier alpha value is -3.16. The van der Waals surface area contributed by atoms with Crippen LogP contribution in [0.1, 0.15) is 17.1 Å². The second-order valence-corrected chi connectivity index (χ2v) is 5.35. The summed E-state index contributed by atoms with van der Waals surface area (Å²) in [5, 5.41) is 11.3. The van der Waals surface area contributed by atoms with Gasteiger partial charge in [-0.2, -0.15) is 19.9 Å². The standard InChI is InChI=1S/C16H12F2N6/c1-9-20-16(22-21-9)24-14-3-2-6-19-15(14)13(23-24)8-10-7-11(17)4-5-12(10)18/h2-7H,8H2,1H3,(H,20,21,22). The SMILES string of the molecule is Cc1n[nH]c(-n2nc(Cc3cc(F)ccc3F)c3ncccc32)n1. The average Bonchev–Trinajstić information content (AvgIpc) is 3.15. The maximum Gasteiger partial charge on any atom is 0.247 e. The minimum absolute atomic E-state index is 0.122. The lowest BCUT2D eigenvalue weighted by Crippen LogP contribution is -2.01. The predicted molar refractivity (Wildman–Crippen MR) is 82.7 cm³/mol. The van der Waals surface area contributed by atoms with Crippen LogP contribution >= 0.6 is 0 Å². The summed E-state index contributed by atoms with van der Waals surface area (Å²) in [6.45, 7) is 1.76. The van der Waals surface area contributed by atoms with Crippen LogP contribution in [0.4, 0.5) is 8.78 Å². The Morgan fingerprint density at radius 3 is 2.88 bits per heavy atom. The van der Waals surface area contributed by atoms with Crippen LogP contribution in [0.25, 0.3) is 17.0 Å². The second-order valence-electron chi connectivity index (χ2n) is 5.35. The highest BCUT2D eigenvalue weighted by molar-refractivity contribution is 5.79. The molecule has 0 atom stereocenters. The molecule has 3 heterocycles. The number of pyridine rings is 1. The zero-order valence-electron chi connectivity index (χ0n) is 12.7. The van der Waals surface area contributed by atoms with Crippen molar-refractivity contribution in [1.29, 1.82) is 0 Å². The molecule has 0 saturated heterocycles. The van der Waals surface area contributed by atoms with Gasteiger partial charge in [0.05, 0.1) is 11.2 Å². The largest absolute Gasteiger partial charge is 0.253 e. The molecule has 0 aliphatic rings. The normalized spacial score (nSPS) is 11.3. The molecule has 4 rings (SSSR count). The van der Waals surface area contributed by atoms with Gasteiger partial charge in [0.25, 0.3) is 0 Å². The number of aryl methyl sites for hydroxylation is 1. The van der Waals surface area contributed by atoms with Crippen molar-refractivity contribution in [1.82, 2.24) is 29.9 Å². The Labute approximate surface area is 135 Å². The first-order valence-corrected chi connectivity index (χ1v) is 7.28. The van der Waals surface area contributed by atoms with Crippen molar-refractivity contribution in [3.05, 3.63) is 65.2 Å². The van der Waals surface area contributed by atoms with Crippen molar-refractivity contribution in [3.63, 3.8) is 0 Å². The highest BCUT2D eigenvalue weighted by Crippen LogP contribution is 2.22. The number of fused-ring (bicyclic) bond motifs is 1. The van der Waals surface area contributed by atoms with E-state index in [1.807, 2.05) is 6.07 Å². The van der Waals surface area contributed by atoms with E-state index in [0.29, 0.717) is 28.5 Å². The minimum Gasteiger partial charge on any atom is -0.253 e. The Kier molecular flexibility index (Phi) is 3.30. The molecule has 1 aromatic carbocycles. The van der Waals surface area contributed by atoms with E-state index in [4.69, 9.17) is 0 Å². The third-order valence-electron chi connectivity index (χ3n) is 3.66. The molecule has 0 saturated carbocycles. The van der Waals surface area contributed by atoms with Crippen molar-refractivity contribution in [3.8, 4) is 5.95 Å². The summed E-state index contributed by atoms with van der Waals surface area (Å²) in [5.74, 6) is 0.0474. The molecular weight excluding hydrogens is 314 g/mol. The van der Waals surface area contributed by atoms with Crippen LogP contribution in [0.3, 0.4) is 0 Å². The first-order chi connectivity index (χ1) is 11.6. The number of benzene rings is 1. The van der Waals surface area contributed by atoms with Gasteiger partial charge in [0.15, 0.2) is 0 Å². The number of aromatic nitrogens is 6. The van der Waals surface area contributed by atoms with Crippen LogP contribution in [0.5, 0.6) is 0 Å². The van der Waals surface area contributed by atoms with Crippen molar-refractivity contribution in [2.45, 2.75) is 13.3 Å². The van der Waals surface area contributed by atoms with Gasteiger partial charge < -0.3 is 0 Å². The average molecular weight is 326 g/mol. The molecule has 120 valence electrons. The van der Waals surface area contributed by atoms with E-state index >= 15 is 0 Å². The van der Waals surface area contributed by atoms with E-state index in [1.54, 1.807) is 23.9 Å². The number of aromatic amines is 1. The van der Waals surface area contributed by atoms with E-state index in [-0.39, 0.29) is 12.0 Å². The summed E-state index contributed by atoms with van der Waals surface area (Å²) in [6.07, 6.45) is 1.75. The molecule has 0 radical (unpaired) electrons. The van der Waals surface area contributed by atoms with E-state index in [1.165, 1.54) is 6.07 Å². The number of hydrogen-bond donors (Lipinski definition) is 1. The molecule has 4 aromatic rings. The molecule has 1 N–H and O–H groups in total. The molecule has 3 aromatic heterocycles. The molecule has 8 heteroatoms. The van der Waals surface area contributed by atoms with Gasteiger partial charge in [0, 0.05) is 12.6 Å². The van der Waals surface area contributed by atoms with Crippen LogP contribution in [0.15, 0.2) is 36.5 Å². The molecular formula is C16H12F2N6. The zero-order chi connectivity index (χ0) is 16.7. The van der Waals surface area contributed by atoms with Crippen molar-refractivity contribution >= 4 is 11.0 Å². The van der Waals surface area contributed by atoms with Crippen molar-refractivity contribution in [2.24, 2.45) is 0 Å². The number of rotatable bonds is 3. The lowest BCUT2D eigenvalue weighted by atomic mass is 10.1. The van der Waals surface area contributed by atoms with Gasteiger partial charge in [-0.05, 0) is 42.8 Å². The summed E-state index contributed by atoms with van der Waals surface area (Å²) < 4.78 is 28.9. The van der Waals surface area contributed by atoms with E-state index in [0.717, 1.165) is 12.1 Å². The monoisotopic (exact) mass is 326 g/mol. The van der Waals surface area contributed by atoms with Crippen molar-refractivity contribution in [2.75, 3.05) is 0 Å². The van der Waals surface area contributed by atoms with Crippen LogP contribution < -0.4 is 0 Å². The Morgan fingerprint density at radius 1 is 1.21 bits per heavy atom. The fourth-order valence-electron chi connectivity index (χ4n) is 2.58. The van der Waals surface area contributed by atoms with Crippen LogP contribution in [0, 0.1) is 18.6 Å². The fourth-order valence-corrected chi connectivity index (χ4v) is 2.58. The third-order valence-corrected chi connectivity index (χ3v) is 3.66. The Bertz CT molecular complexity index is 1040. The van der Waals surface area contributed by atoms with Crippen LogP contribution in [-0.2, 0) is 6.42 Å². The molecule has 0 aliphatic heterocycles. The minimum atomic E-state index is -0.492. The van der Waals surface area contributed by atoms with Gasteiger partial charge in [0.2, 0.25) is 5.95 Å². The zero-order valence-corrected chi connectivity index (χ0v) is 12.7. The smallest absolute Gasteiger partial charge is 0.247 e.